The molecule has 1 aliphatic rings. The third kappa shape index (κ3) is 3.74. The van der Waals surface area contributed by atoms with Crippen molar-refractivity contribution in [3.63, 3.8) is 0 Å². The van der Waals surface area contributed by atoms with Crippen LogP contribution < -0.4 is 5.73 Å². The highest BCUT2D eigenvalue weighted by Gasteiger charge is 2.29. The highest BCUT2D eigenvalue weighted by molar-refractivity contribution is 4.84. The van der Waals surface area contributed by atoms with Crippen molar-refractivity contribution in [2.24, 2.45) is 11.7 Å². The van der Waals surface area contributed by atoms with E-state index in [0.717, 1.165) is 5.92 Å². The fraction of sp³-hybridized carbons (Fsp3) is 1.00. The van der Waals surface area contributed by atoms with Crippen LogP contribution in [-0.2, 0) is 0 Å². The largest absolute Gasteiger partial charge is 0.388 e. The first-order chi connectivity index (χ1) is 6.96. The molecule has 15 heavy (non-hydrogen) atoms. The van der Waals surface area contributed by atoms with E-state index in [4.69, 9.17) is 5.73 Å². The van der Waals surface area contributed by atoms with Crippen LogP contribution in [0.5, 0.6) is 0 Å². The summed E-state index contributed by atoms with van der Waals surface area (Å²) in [4.78, 5) is 2.29. The Morgan fingerprint density at radius 2 is 2.00 bits per heavy atom. The second kappa shape index (κ2) is 5.28. The average Bonchev–Trinajstić information content (AvgIpc) is 2.17. The molecule has 3 unspecified atom stereocenters. The fourth-order valence-corrected chi connectivity index (χ4v) is 2.67. The standard InChI is InChI=1S/C12H26N2O/c1-10-6-4-5-7-11(10)14(3)9-12(2,15)8-13/h10-11,15H,4-9,13H2,1-3H3. The van der Waals surface area contributed by atoms with Gasteiger partial charge in [0.15, 0.2) is 0 Å². The summed E-state index contributed by atoms with van der Waals surface area (Å²) < 4.78 is 0. The number of hydrogen-bond donors (Lipinski definition) is 2. The first-order valence-electron chi connectivity index (χ1n) is 6.09. The molecule has 90 valence electrons. The minimum atomic E-state index is -0.744. The molecule has 0 bridgehead atoms. The molecule has 3 N–H and O–H groups in total. The third-order valence-corrected chi connectivity index (χ3v) is 3.66. The number of nitrogens with two attached hydrogens (primary N) is 1. The quantitative estimate of drug-likeness (QED) is 0.739. The van der Waals surface area contributed by atoms with Crippen LogP contribution in [0.15, 0.2) is 0 Å². The van der Waals surface area contributed by atoms with Gasteiger partial charge >= 0.3 is 0 Å². The summed E-state index contributed by atoms with van der Waals surface area (Å²) in [5.74, 6) is 0.748. The normalized spacial score (nSPS) is 31.6. The summed E-state index contributed by atoms with van der Waals surface area (Å²) in [6, 6.07) is 0.622. The topological polar surface area (TPSA) is 49.5 Å². The van der Waals surface area contributed by atoms with Crippen molar-refractivity contribution in [1.29, 1.82) is 0 Å². The van der Waals surface area contributed by atoms with E-state index in [2.05, 4.69) is 18.9 Å². The average molecular weight is 214 g/mol. The van der Waals surface area contributed by atoms with Crippen molar-refractivity contribution >= 4 is 0 Å². The zero-order valence-electron chi connectivity index (χ0n) is 10.4. The van der Waals surface area contributed by atoms with Crippen molar-refractivity contribution in [3.05, 3.63) is 0 Å². The molecule has 0 spiro atoms. The van der Waals surface area contributed by atoms with Crippen LogP contribution in [0.25, 0.3) is 0 Å². The first kappa shape index (κ1) is 12.9. The molecule has 3 nitrogen and oxygen atoms in total. The van der Waals surface area contributed by atoms with Gasteiger partial charge in [-0.25, -0.2) is 0 Å². The van der Waals surface area contributed by atoms with Crippen molar-refractivity contribution in [1.82, 2.24) is 4.90 Å². The van der Waals surface area contributed by atoms with Gasteiger partial charge < -0.3 is 15.7 Å². The number of nitrogens with zero attached hydrogens (tertiary/aromatic N) is 1. The predicted molar refractivity (Wildman–Crippen MR) is 63.7 cm³/mol. The number of aliphatic hydroxyl groups is 1. The van der Waals surface area contributed by atoms with Gasteiger partial charge in [0.1, 0.15) is 0 Å². The first-order valence-corrected chi connectivity index (χ1v) is 6.09. The Balaban J connectivity index is 2.48. The summed E-state index contributed by atoms with van der Waals surface area (Å²) in [6.45, 7) is 5.14. The van der Waals surface area contributed by atoms with Gasteiger partial charge in [0.2, 0.25) is 0 Å². The van der Waals surface area contributed by atoms with E-state index in [-0.39, 0.29) is 0 Å². The zero-order valence-corrected chi connectivity index (χ0v) is 10.4. The Kier molecular flexibility index (Phi) is 4.56. The molecule has 1 rings (SSSR count). The predicted octanol–water partition coefficient (Wildman–Crippen LogP) is 1.21. The molecule has 0 radical (unpaired) electrons. The lowest BCUT2D eigenvalue weighted by Crippen LogP contribution is -2.50. The van der Waals surface area contributed by atoms with Crippen LogP contribution in [0.2, 0.25) is 0 Å². The number of likely N-dealkylation sites (N-methyl/N-ethyl adjacent to an activating group) is 1. The molecule has 0 saturated heterocycles. The second-order valence-corrected chi connectivity index (χ2v) is 5.45. The smallest absolute Gasteiger partial charge is 0.0867 e. The van der Waals surface area contributed by atoms with E-state index in [1.807, 2.05) is 6.92 Å². The summed E-state index contributed by atoms with van der Waals surface area (Å²) in [6.07, 6.45) is 5.26. The van der Waals surface area contributed by atoms with E-state index < -0.39 is 5.60 Å². The highest BCUT2D eigenvalue weighted by atomic mass is 16.3. The van der Waals surface area contributed by atoms with Gasteiger partial charge in [-0.15, -0.1) is 0 Å². The van der Waals surface area contributed by atoms with Gasteiger partial charge in [0.05, 0.1) is 5.60 Å². The zero-order chi connectivity index (χ0) is 11.5. The van der Waals surface area contributed by atoms with Crippen LogP contribution in [0.4, 0.5) is 0 Å². The van der Waals surface area contributed by atoms with Gasteiger partial charge in [-0.05, 0) is 32.7 Å². The number of hydrogen-bond acceptors (Lipinski definition) is 3. The van der Waals surface area contributed by atoms with Crippen molar-refractivity contribution in [2.75, 3.05) is 20.1 Å². The Labute approximate surface area is 93.6 Å². The number of rotatable bonds is 4. The van der Waals surface area contributed by atoms with E-state index in [9.17, 15) is 5.11 Å². The Morgan fingerprint density at radius 3 is 2.53 bits per heavy atom. The van der Waals surface area contributed by atoms with Gasteiger partial charge in [0.25, 0.3) is 0 Å². The van der Waals surface area contributed by atoms with Gasteiger partial charge in [-0.2, -0.15) is 0 Å². The molecule has 1 saturated carbocycles. The summed E-state index contributed by atoms with van der Waals surface area (Å²) >= 11 is 0. The maximum atomic E-state index is 9.94. The van der Waals surface area contributed by atoms with Gasteiger partial charge in [0, 0.05) is 19.1 Å². The Morgan fingerprint density at radius 1 is 1.40 bits per heavy atom. The molecule has 3 heteroatoms. The lowest BCUT2D eigenvalue weighted by molar-refractivity contribution is 0.00803. The fourth-order valence-electron chi connectivity index (χ4n) is 2.67. The van der Waals surface area contributed by atoms with E-state index in [1.165, 1.54) is 25.7 Å². The molecule has 0 aromatic rings. The highest BCUT2D eigenvalue weighted by Crippen LogP contribution is 2.27. The van der Waals surface area contributed by atoms with Crippen LogP contribution in [0.3, 0.4) is 0 Å². The summed E-state index contributed by atoms with van der Waals surface area (Å²) in [5, 5.41) is 9.94. The minimum absolute atomic E-state index is 0.332. The van der Waals surface area contributed by atoms with Crippen LogP contribution in [-0.4, -0.2) is 41.8 Å². The molecule has 0 aliphatic heterocycles. The third-order valence-electron chi connectivity index (χ3n) is 3.66. The molecule has 1 aliphatic carbocycles. The second-order valence-electron chi connectivity index (χ2n) is 5.45. The monoisotopic (exact) mass is 214 g/mol. The van der Waals surface area contributed by atoms with E-state index in [1.54, 1.807) is 0 Å². The maximum absolute atomic E-state index is 9.94. The van der Waals surface area contributed by atoms with Crippen LogP contribution >= 0.6 is 0 Å². The van der Waals surface area contributed by atoms with Crippen LogP contribution in [0.1, 0.15) is 39.5 Å². The summed E-state index contributed by atoms with van der Waals surface area (Å²) in [5.41, 5.74) is 4.80. The maximum Gasteiger partial charge on any atom is 0.0867 e. The molecule has 1 fully saturated rings. The SMILES string of the molecule is CC1CCCCC1N(C)CC(C)(O)CN. The summed E-state index contributed by atoms with van der Waals surface area (Å²) in [7, 11) is 2.11. The molecule has 0 amide bonds. The molecule has 0 aromatic carbocycles. The lowest BCUT2D eigenvalue weighted by atomic mass is 9.84. The van der Waals surface area contributed by atoms with Gasteiger partial charge in [-0.3, -0.25) is 0 Å². The molecule has 3 atom stereocenters. The molecular formula is C12H26N2O. The van der Waals surface area contributed by atoms with Crippen molar-refractivity contribution in [3.8, 4) is 0 Å². The minimum Gasteiger partial charge on any atom is -0.388 e. The Hall–Kier alpha value is -0.120. The van der Waals surface area contributed by atoms with Gasteiger partial charge in [-0.1, -0.05) is 19.8 Å². The lowest BCUT2D eigenvalue weighted by Gasteiger charge is -2.39. The molecular weight excluding hydrogens is 188 g/mol. The van der Waals surface area contributed by atoms with E-state index >= 15 is 0 Å². The molecule has 0 heterocycles. The Bertz CT molecular complexity index is 194. The molecule has 0 aromatic heterocycles. The van der Waals surface area contributed by atoms with E-state index in [0.29, 0.717) is 19.1 Å². The van der Waals surface area contributed by atoms with Crippen molar-refractivity contribution < 1.29 is 5.11 Å². The van der Waals surface area contributed by atoms with Crippen molar-refractivity contribution in [2.45, 2.75) is 51.2 Å². The van der Waals surface area contributed by atoms with Crippen LogP contribution in [0, 0.1) is 5.92 Å².